The van der Waals surface area contributed by atoms with Crippen LogP contribution in [0.3, 0.4) is 0 Å². The van der Waals surface area contributed by atoms with E-state index in [1.165, 1.54) is 0 Å². The molecule has 0 spiro atoms. The minimum atomic E-state index is -0.333. The Morgan fingerprint density at radius 1 is 0.967 bits per heavy atom. The molecule has 2 N–H and O–H groups in total. The number of para-hydroxylation sites is 1. The van der Waals surface area contributed by atoms with Gasteiger partial charge in [-0.15, -0.1) is 0 Å². The molecule has 3 aromatic carbocycles. The molecule has 4 aromatic rings. The number of carbonyl (C=O) groups excluding carboxylic acids is 2. The number of H-pyrrole nitrogens is 1. The molecule has 0 radical (unpaired) electrons. The number of fused-ring (bicyclic) bond motifs is 2. The second-order valence-corrected chi connectivity index (χ2v) is 7.70. The molecule has 0 saturated carbocycles. The molecule has 1 atom stereocenters. The smallest absolute Gasteiger partial charge is 0.255 e. The Morgan fingerprint density at radius 3 is 2.53 bits per heavy atom. The van der Waals surface area contributed by atoms with Crippen LogP contribution >= 0.6 is 11.6 Å². The van der Waals surface area contributed by atoms with Gasteiger partial charge in [0.15, 0.2) is 0 Å². The van der Waals surface area contributed by atoms with E-state index in [4.69, 9.17) is 11.6 Å². The fourth-order valence-electron chi connectivity index (χ4n) is 4.08. The van der Waals surface area contributed by atoms with E-state index < -0.39 is 0 Å². The van der Waals surface area contributed by atoms with Gasteiger partial charge in [-0.2, -0.15) is 0 Å². The van der Waals surface area contributed by atoms with Gasteiger partial charge in [0.2, 0.25) is 5.91 Å². The summed E-state index contributed by atoms with van der Waals surface area (Å²) in [6.07, 6.45) is 1.93. The highest BCUT2D eigenvalue weighted by Gasteiger charge is 2.39. The van der Waals surface area contributed by atoms with Gasteiger partial charge in [-0.25, -0.2) is 0 Å². The number of amides is 2. The van der Waals surface area contributed by atoms with Crippen LogP contribution in [-0.4, -0.2) is 28.2 Å². The summed E-state index contributed by atoms with van der Waals surface area (Å²) in [5, 5.41) is 4.48. The number of rotatable bonds is 4. The molecule has 2 amide bonds. The third-order valence-electron chi connectivity index (χ3n) is 5.42. The van der Waals surface area contributed by atoms with Gasteiger partial charge in [0.25, 0.3) is 5.91 Å². The van der Waals surface area contributed by atoms with E-state index in [0.29, 0.717) is 16.3 Å². The Labute approximate surface area is 178 Å². The predicted molar refractivity (Wildman–Crippen MR) is 118 cm³/mol. The Bertz CT molecular complexity index is 1260. The van der Waals surface area contributed by atoms with Gasteiger partial charge in [0.05, 0.1) is 6.04 Å². The maximum absolute atomic E-state index is 13.2. The molecule has 0 unspecified atom stereocenters. The Balaban J connectivity index is 1.50. The number of aromatic amines is 1. The summed E-state index contributed by atoms with van der Waals surface area (Å²) in [4.78, 5) is 30.9. The highest BCUT2D eigenvalue weighted by Crippen LogP contribution is 2.40. The first-order valence-electron chi connectivity index (χ1n) is 9.63. The molecule has 148 valence electrons. The molecule has 0 fully saturated rings. The number of benzene rings is 3. The molecular formula is C24H18ClN3O2. The Kier molecular flexibility index (Phi) is 4.52. The molecule has 0 aliphatic carbocycles. The van der Waals surface area contributed by atoms with Gasteiger partial charge in [0.1, 0.15) is 6.54 Å². The molecule has 2 heterocycles. The Hall–Kier alpha value is -3.57. The number of nitrogens with zero attached hydrogens (tertiary/aromatic N) is 1. The van der Waals surface area contributed by atoms with Crippen molar-refractivity contribution in [1.29, 1.82) is 0 Å². The van der Waals surface area contributed by atoms with E-state index in [1.807, 2.05) is 54.7 Å². The summed E-state index contributed by atoms with van der Waals surface area (Å²) in [5.41, 5.74) is 4.15. The van der Waals surface area contributed by atoms with Crippen LogP contribution in [-0.2, 0) is 4.79 Å². The van der Waals surface area contributed by atoms with Gasteiger partial charge in [-0.05, 0) is 42.0 Å². The maximum atomic E-state index is 13.2. The zero-order valence-electron chi connectivity index (χ0n) is 15.9. The second-order valence-electron chi connectivity index (χ2n) is 7.27. The minimum Gasteiger partial charge on any atom is -0.361 e. The average molecular weight is 416 g/mol. The van der Waals surface area contributed by atoms with Gasteiger partial charge >= 0.3 is 0 Å². The highest BCUT2D eigenvalue weighted by molar-refractivity contribution is 6.30. The lowest BCUT2D eigenvalue weighted by Crippen LogP contribution is -2.36. The number of hydrogen-bond donors (Lipinski definition) is 2. The Morgan fingerprint density at radius 2 is 1.70 bits per heavy atom. The van der Waals surface area contributed by atoms with E-state index in [2.05, 4.69) is 10.3 Å². The van der Waals surface area contributed by atoms with Crippen molar-refractivity contribution in [2.24, 2.45) is 0 Å². The first-order chi connectivity index (χ1) is 14.6. The minimum absolute atomic E-state index is 0.0552. The molecule has 6 heteroatoms. The number of hydrogen-bond acceptors (Lipinski definition) is 2. The summed E-state index contributed by atoms with van der Waals surface area (Å²) in [6.45, 7) is -0.0552. The van der Waals surface area contributed by atoms with E-state index in [-0.39, 0.29) is 24.4 Å². The van der Waals surface area contributed by atoms with Crippen molar-refractivity contribution in [3.8, 4) is 0 Å². The third-order valence-corrected chi connectivity index (χ3v) is 5.67. The van der Waals surface area contributed by atoms with E-state index >= 15 is 0 Å². The molecule has 1 aliphatic heterocycles. The monoisotopic (exact) mass is 415 g/mol. The second kappa shape index (κ2) is 7.35. The zero-order chi connectivity index (χ0) is 20.7. The van der Waals surface area contributed by atoms with Crippen LogP contribution < -0.4 is 5.32 Å². The topological polar surface area (TPSA) is 65.2 Å². The fourth-order valence-corrected chi connectivity index (χ4v) is 4.20. The predicted octanol–water partition coefficient (Wildman–Crippen LogP) is 5.01. The normalized spacial score (nSPS) is 15.4. The van der Waals surface area contributed by atoms with Crippen molar-refractivity contribution >= 4 is 40.0 Å². The number of aromatic nitrogens is 1. The summed E-state index contributed by atoms with van der Waals surface area (Å²) in [6, 6.07) is 22.1. The highest BCUT2D eigenvalue weighted by atomic mass is 35.5. The molecule has 5 nitrogen and oxygen atoms in total. The van der Waals surface area contributed by atoms with Crippen molar-refractivity contribution < 1.29 is 9.59 Å². The quantitative estimate of drug-likeness (QED) is 0.492. The molecule has 1 aromatic heterocycles. The van der Waals surface area contributed by atoms with Gasteiger partial charge in [-0.3, -0.25) is 9.59 Å². The van der Waals surface area contributed by atoms with Crippen LogP contribution in [0.15, 0.2) is 79.0 Å². The van der Waals surface area contributed by atoms with Crippen LogP contribution in [0, 0.1) is 0 Å². The summed E-state index contributed by atoms with van der Waals surface area (Å²) in [7, 11) is 0. The van der Waals surface area contributed by atoms with Gasteiger partial charge in [-0.1, -0.05) is 48.0 Å². The zero-order valence-corrected chi connectivity index (χ0v) is 16.7. The first kappa shape index (κ1) is 18.5. The molecule has 30 heavy (non-hydrogen) atoms. The van der Waals surface area contributed by atoms with Crippen LogP contribution in [0.1, 0.15) is 27.5 Å². The van der Waals surface area contributed by atoms with Crippen LogP contribution in [0.25, 0.3) is 10.9 Å². The van der Waals surface area contributed by atoms with Crippen molar-refractivity contribution in [3.05, 3.63) is 101 Å². The molecular weight excluding hydrogens is 398 g/mol. The van der Waals surface area contributed by atoms with Crippen molar-refractivity contribution in [3.63, 3.8) is 0 Å². The van der Waals surface area contributed by atoms with Crippen LogP contribution in [0.4, 0.5) is 5.69 Å². The van der Waals surface area contributed by atoms with Gasteiger partial charge < -0.3 is 15.2 Å². The van der Waals surface area contributed by atoms with E-state index in [9.17, 15) is 9.59 Å². The third kappa shape index (κ3) is 3.13. The van der Waals surface area contributed by atoms with Crippen LogP contribution in [0.5, 0.6) is 0 Å². The fraction of sp³-hybridized carbons (Fsp3) is 0.0833. The number of halogens is 1. The van der Waals surface area contributed by atoms with Gasteiger partial charge in [0, 0.05) is 38.9 Å². The van der Waals surface area contributed by atoms with Crippen molar-refractivity contribution in [1.82, 2.24) is 9.88 Å². The first-order valence-corrected chi connectivity index (χ1v) is 10.0. The largest absolute Gasteiger partial charge is 0.361 e. The molecule has 1 aliphatic rings. The van der Waals surface area contributed by atoms with E-state index in [1.54, 1.807) is 29.2 Å². The molecule has 5 rings (SSSR count). The lowest BCUT2D eigenvalue weighted by Gasteiger charge is -2.25. The maximum Gasteiger partial charge on any atom is 0.255 e. The summed E-state index contributed by atoms with van der Waals surface area (Å²) >= 11 is 5.91. The summed E-state index contributed by atoms with van der Waals surface area (Å²) < 4.78 is 0. The number of nitrogens with one attached hydrogen (secondary N) is 2. The van der Waals surface area contributed by atoms with Crippen molar-refractivity contribution in [2.75, 3.05) is 11.9 Å². The number of anilines is 1. The molecule has 0 bridgehead atoms. The SMILES string of the molecule is O=C(CN1C(=O)c2ccccc2[C@@H]1c1c[nH]c2ccccc12)Nc1ccc(Cl)cc1. The lowest BCUT2D eigenvalue weighted by molar-refractivity contribution is -0.117. The van der Waals surface area contributed by atoms with E-state index in [0.717, 1.165) is 22.0 Å². The average Bonchev–Trinajstić information content (AvgIpc) is 3.29. The standard InChI is InChI=1S/C24H18ClN3O2/c25-15-9-11-16(12-10-15)27-22(29)14-28-23(18-6-1-2-7-19(18)24(28)30)20-13-26-21-8-4-3-5-17(20)21/h1-13,23,26H,14H2,(H,27,29)/t23-/m1/s1. The lowest BCUT2D eigenvalue weighted by atomic mass is 9.97. The van der Waals surface area contributed by atoms with Crippen molar-refractivity contribution in [2.45, 2.75) is 6.04 Å². The molecule has 0 saturated heterocycles. The van der Waals surface area contributed by atoms with Crippen LogP contribution in [0.2, 0.25) is 5.02 Å². The number of carbonyl (C=O) groups is 2. The summed E-state index contributed by atoms with van der Waals surface area (Å²) in [5.74, 6) is -0.407.